The molecule has 0 aliphatic heterocycles. The van der Waals surface area contributed by atoms with Gasteiger partial charge in [-0.15, -0.1) is 0 Å². The topological polar surface area (TPSA) is 65.4 Å². The van der Waals surface area contributed by atoms with Crippen molar-refractivity contribution in [2.45, 2.75) is 6.54 Å². The van der Waals surface area contributed by atoms with Crippen LogP contribution in [0.15, 0.2) is 67.0 Å². The zero-order valence-corrected chi connectivity index (χ0v) is 15.3. The smallest absolute Gasteiger partial charge is 0.248 e. The van der Waals surface area contributed by atoms with Crippen molar-refractivity contribution in [2.24, 2.45) is 0 Å². The second kappa shape index (κ2) is 8.71. The molecule has 0 unspecified atom stereocenters. The molecule has 0 aliphatic rings. The van der Waals surface area contributed by atoms with Gasteiger partial charge in [0.05, 0.1) is 32.6 Å². The summed E-state index contributed by atoms with van der Waals surface area (Å²) in [7, 11) is 3.14. The first-order valence-electron chi connectivity index (χ1n) is 8.46. The van der Waals surface area contributed by atoms with Crippen LogP contribution < -0.4 is 14.8 Å². The van der Waals surface area contributed by atoms with Crippen LogP contribution >= 0.6 is 0 Å². The Morgan fingerprint density at radius 2 is 1.93 bits per heavy atom. The van der Waals surface area contributed by atoms with E-state index in [1.165, 1.54) is 6.08 Å². The summed E-state index contributed by atoms with van der Waals surface area (Å²) in [6.45, 7) is 0.646. The van der Waals surface area contributed by atoms with Crippen molar-refractivity contribution in [3.05, 3.63) is 78.1 Å². The Morgan fingerprint density at radius 1 is 1.11 bits per heavy atom. The molecule has 6 nitrogen and oxygen atoms in total. The third-order valence-electron chi connectivity index (χ3n) is 3.94. The Morgan fingerprint density at radius 3 is 2.67 bits per heavy atom. The van der Waals surface area contributed by atoms with E-state index in [0.717, 1.165) is 11.1 Å². The minimum absolute atomic E-state index is 0.251. The second-order valence-electron chi connectivity index (χ2n) is 5.82. The molecule has 6 heteroatoms. The van der Waals surface area contributed by atoms with Gasteiger partial charge in [-0.2, -0.15) is 5.10 Å². The van der Waals surface area contributed by atoms with Gasteiger partial charge in [0, 0.05) is 17.8 Å². The summed E-state index contributed by atoms with van der Waals surface area (Å²) in [4.78, 5) is 12.2. The van der Waals surface area contributed by atoms with E-state index in [1.807, 2.05) is 42.5 Å². The van der Waals surface area contributed by atoms with Crippen LogP contribution in [0.5, 0.6) is 11.5 Å². The molecule has 1 heterocycles. The lowest BCUT2D eigenvalue weighted by Crippen LogP contribution is -2.07. The van der Waals surface area contributed by atoms with Gasteiger partial charge < -0.3 is 14.8 Å². The maximum atomic E-state index is 12.2. The Hall–Kier alpha value is -3.54. The molecular weight excluding hydrogens is 342 g/mol. The lowest BCUT2D eigenvalue weighted by molar-refractivity contribution is -0.111. The van der Waals surface area contributed by atoms with E-state index < -0.39 is 0 Å². The van der Waals surface area contributed by atoms with Gasteiger partial charge in [0.25, 0.3) is 0 Å². The number of nitrogens with zero attached hydrogens (tertiary/aromatic N) is 2. The van der Waals surface area contributed by atoms with Gasteiger partial charge >= 0.3 is 0 Å². The van der Waals surface area contributed by atoms with Crippen LogP contribution in [0.1, 0.15) is 11.1 Å². The molecule has 1 aromatic heterocycles. The number of benzene rings is 2. The predicted octanol–water partition coefficient (Wildman–Crippen LogP) is 3.60. The fourth-order valence-corrected chi connectivity index (χ4v) is 2.68. The lowest BCUT2D eigenvalue weighted by Gasteiger charge is -2.09. The molecule has 0 atom stereocenters. The van der Waals surface area contributed by atoms with Crippen molar-refractivity contribution >= 4 is 17.7 Å². The number of hydrogen-bond acceptors (Lipinski definition) is 4. The summed E-state index contributed by atoms with van der Waals surface area (Å²) in [6, 6.07) is 15.5. The van der Waals surface area contributed by atoms with Crippen LogP contribution in [-0.2, 0) is 11.3 Å². The van der Waals surface area contributed by atoms with Crippen LogP contribution in [0.25, 0.3) is 6.08 Å². The Balaban J connectivity index is 1.64. The molecule has 1 N–H and O–H groups in total. The lowest BCUT2D eigenvalue weighted by atomic mass is 10.1. The number of anilines is 1. The average molecular weight is 363 g/mol. The van der Waals surface area contributed by atoms with Crippen LogP contribution in [0.3, 0.4) is 0 Å². The van der Waals surface area contributed by atoms with Crippen molar-refractivity contribution in [1.29, 1.82) is 0 Å². The SMILES string of the molecule is COc1cccc(C=CC(=O)Nc2cnn(Cc3ccccc3)c2)c1OC. The zero-order chi connectivity index (χ0) is 19.1. The minimum Gasteiger partial charge on any atom is -0.493 e. The van der Waals surface area contributed by atoms with Gasteiger partial charge in [0.15, 0.2) is 11.5 Å². The number of ether oxygens (including phenoxy) is 2. The van der Waals surface area contributed by atoms with E-state index in [0.29, 0.717) is 23.7 Å². The third-order valence-corrected chi connectivity index (χ3v) is 3.94. The molecule has 138 valence electrons. The van der Waals surface area contributed by atoms with Crippen molar-refractivity contribution in [1.82, 2.24) is 9.78 Å². The maximum absolute atomic E-state index is 12.2. The summed E-state index contributed by atoms with van der Waals surface area (Å²) in [5.41, 5.74) is 2.54. The fraction of sp³-hybridized carbons (Fsp3) is 0.143. The van der Waals surface area contributed by atoms with E-state index in [-0.39, 0.29) is 5.91 Å². The first-order chi connectivity index (χ1) is 13.2. The highest BCUT2D eigenvalue weighted by Crippen LogP contribution is 2.31. The number of amides is 1. The summed E-state index contributed by atoms with van der Waals surface area (Å²) in [5, 5.41) is 7.08. The number of nitrogens with one attached hydrogen (secondary N) is 1. The molecule has 0 fully saturated rings. The van der Waals surface area contributed by atoms with Crippen molar-refractivity contribution in [2.75, 3.05) is 19.5 Å². The van der Waals surface area contributed by atoms with Gasteiger partial charge in [-0.05, 0) is 17.7 Å². The highest BCUT2D eigenvalue weighted by Gasteiger charge is 2.08. The molecule has 0 spiro atoms. The van der Waals surface area contributed by atoms with Gasteiger partial charge in [-0.25, -0.2) is 0 Å². The molecule has 0 aliphatic carbocycles. The van der Waals surface area contributed by atoms with Gasteiger partial charge in [0.2, 0.25) is 5.91 Å². The molecule has 27 heavy (non-hydrogen) atoms. The fourth-order valence-electron chi connectivity index (χ4n) is 2.68. The summed E-state index contributed by atoms with van der Waals surface area (Å²) >= 11 is 0. The first kappa shape index (κ1) is 18.3. The van der Waals surface area contributed by atoms with Gasteiger partial charge in [-0.3, -0.25) is 9.48 Å². The molecule has 0 radical (unpaired) electrons. The van der Waals surface area contributed by atoms with E-state index in [4.69, 9.17) is 9.47 Å². The standard InChI is InChI=1S/C21H21N3O3/c1-26-19-10-6-9-17(21(19)27-2)11-12-20(25)23-18-13-22-24(15-18)14-16-7-4-3-5-8-16/h3-13,15H,14H2,1-2H3,(H,23,25). The molecule has 3 rings (SSSR count). The van der Waals surface area contributed by atoms with Crippen LogP contribution in [0.4, 0.5) is 5.69 Å². The molecule has 1 amide bonds. The normalized spacial score (nSPS) is 10.7. The highest BCUT2D eigenvalue weighted by molar-refractivity contribution is 6.02. The predicted molar refractivity (Wildman–Crippen MR) is 105 cm³/mol. The Kier molecular flexibility index (Phi) is 5.89. The molecule has 0 bridgehead atoms. The van der Waals surface area contributed by atoms with Gasteiger partial charge in [-0.1, -0.05) is 42.5 Å². The quantitative estimate of drug-likeness (QED) is 0.652. The van der Waals surface area contributed by atoms with Gasteiger partial charge in [0.1, 0.15) is 0 Å². The monoisotopic (exact) mass is 363 g/mol. The first-order valence-corrected chi connectivity index (χ1v) is 8.46. The molecule has 2 aromatic carbocycles. The van der Waals surface area contributed by atoms with Crippen LogP contribution in [-0.4, -0.2) is 29.9 Å². The largest absolute Gasteiger partial charge is 0.493 e. The third kappa shape index (κ3) is 4.76. The van der Waals surface area contributed by atoms with Crippen LogP contribution in [0, 0.1) is 0 Å². The summed E-state index contributed by atoms with van der Waals surface area (Å²) < 4.78 is 12.4. The Bertz CT molecular complexity index is 933. The average Bonchev–Trinajstić information content (AvgIpc) is 3.13. The van der Waals surface area contributed by atoms with E-state index in [9.17, 15) is 4.79 Å². The summed E-state index contributed by atoms with van der Waals surface area (Å²) in [5.74, 6) is 0.945. The number of para-hydroxylation sites is 1. The molecule has 0 saturated carbocycles. The maximum Gasteiger partial charge on any atom is 0.248 e. The number of aromatic nitrogens is 2. The molecule has 3 aromatic rings. The molecule has 0 saturated heterocycles. The van der Waals surface area contributed by atoms with E-state index in [1.54, 1.807) is 43.4 Å². The second-order valence-corrected chi connectivity index (χ2v) is 5.82. The Labute approximate surface area is 158 Å². The highest BCUT2D eigenvalue weighted by atomic mass is 16.5. The number of methoxy groups -OCH3 is 2. The number of carbonyl (C=O) groups is 1. The number of rotatable bonds is 7. The van der Waals surface area contributed by atoms with Crippen molar-refractivity contribution in [3.8, 4) is 11.5 Å². The van der Waals surface area contributed by atoms with E-state index >= 15 is 0 Å². The number of hydrogen-bond donors (Lipinski definition) is 1. The van der Waals surface area contributed by atoms with E-state index in [2.05, 4.69) is 10.4 Å². The summed E-state index contributed by atoms with van der Waals surface area (Å²) in [6.07, 6.45) is 6.56. The van der Waals surface area contributed by atoms with Crippen molar-refractivity contribution in [3.63, 3.8) is 0 Å². The van der Waals surface area contributed by atoms with Crippen LogP contribution in [0.2, 0.25) is 0 Å². The number of carbonyl (C=O) groups excluding carboxylic acids is 1. The minimum atomic E-state index is -0.251. The zero-order valence-electron chi connectivity index (χ0n) is 15.3. The van der Waals surface area contributed by atoms with Crippen molar-refractivity contribution < 1.29 is 14.3 Å². The molecular formula is C21H21N3O3.